The number of anilines is 1. The third-order valence-corrected chi connectivity index (χ3v) is 4.14. The topological polar surface area (TPSA) is 75.4 Å². The number of nitrogens with zero attached hydrogens (tertiary/aromatic N) is 1. The van der Waals surface area contributed by atoms with Crippen LogP contribution >= 0.6 is 0 Å². The van der Waals surface area contributed by atoms with Gasteiger partial charge in [0, 0.05) is 18.8 Å². The van der Waals surface area contributed by atoms with E-state index in [1.807, 2.05) is 18.0 Å². The fourth-order valence-electron chi connectivity index (χ4n) is 2.82. The molecule has 21 heavy (non-hydrogen) atoms. The first kappa shape index (κ1) is 15.4. The molecule has 0 aliphatic heterocycles. The normalized spacial score (nSPS) is 15.5. The maximum absolute atomic E-state index is 12.2. The van der Waals surface area contributed by atoms with Gasteiger partial charge in [-0.25, -0.2) is 0 Å². The minimum Gasteiger partial charge on any atom is -0.376 e. The second-order valence-electron chi connectivity index (χ2n) is 5.56. The highest BCUT2D eigenvalue weighted by atomic mass is 16.2. The maximum Gasteiger partial charge on any atom is 0.250 e. The number of rotatable bonds is 5. The zero-order valence-corrected chi connectivity index (χ0v) is 12.5. The summed E-state index contributed by atoms with van der Waals surface area (Å²) in [5, 5.41) is 3.02. The number of nitrogens with two attached hydrogens (primary N) is 1. The van der Waals surface area contributed by atoms with Crippen LogP contribution in [0.5, 0.6) is 0 Å². The summed E-state index contributed by atoms with van der Waals surface area (Å²) in [6.07, 6.45) is 5.82. The monoisotopic (exact) mass is 289 g/mol. The third-order valence-electron chi connectivity index (χ3n) is 4.14. The lowest BCUT2D eigenvalue weighted by Crippen LogP contribution is -2.41. The first-order valence-corrected chi connectivity index (χ1v) is 7.48. The molecule has 0 heterocycles. The van der Waals surface area contributed by atoms with Gasteiger partial charge in [-0.15, -0.1) is 0 Å². The van der Waals surface area contributed by atoms with Crippen molar-refractivity contribution in [1.82, 2.24) is 4.90 Å². The Morgan fingerprint density at radius 2 is 1.90 bits per heavy atom. The summed E-state index contributed by atoms with van der Waals surface area (Å²) < 4.78 is 0. The average Bonchev–Trinajstić information content (AvgIpc) is 2.52. The lowest BCUT2D eigenvalue weighted by Gasteiger charge is -2.31. The maximum atomic E-state index is 12.2. The highest BCUT2D eigenvalue weighted by Gasteiger charge is 2.21. The Kier molecular flexibility index (Phi) is 5.20. The molecule has 0 atom stereocenters. The second kappa shape index (κ2) is 7.11. The van der Waals surface area contributed by atoms with Gasteiger partial charge >= 0.3 is 0 Å². The molecule has 3 N–H and O–H groups in total. The van der Waals surface area contributed by atoms with Crippen LogP contribution in [-0.2, 0) is 4.79 Å². The van der Waals surface area contributed by atoms with Crippen molar-refractivity contribution in [2.75, 3.05) is 18.9 Å². The van der Waals surface area contributed by atoms with Crippen LogP contribution in [-0.4, -0.2) is 36.3 Å². The number of carbonyl (C=O) groups excluding carboxylic acids is 2. The largest absolute Gasteiger partial charge is 0.376 e. The Morgan fingerprint density at radius 3 is 2.57 bits per heavy atom. The van der Waals surface area contributed by atoms with Gasteiger partial charge in [-0.1, -0.05) is 31.4 Å². The van der Waals surface area contributed by atoms with Gasteiger partial charge in [-0.3, -0.25) is 9.59 Å². The number of amides is 2. The number of nitrogens with one attached hydrogen (secondary N) is 1. The van der Waals surface area contributed by atoms with E-state index in [1.165, 1.54) is 19.3 Å². The number of benzene rings is 1. The fourth-order valence-corrected chi connectivity index (χ4v) is 2.82. The number of para-hydroxylation sites is 1. The summed E-state index contributed by atoms with van der Waals surface area (Å²) in [4.78, 5) is 25.4. The molecule has 0 radical (unpaired) electrons. The van der Waals surface area contributed by atoms with Crippen LogP contribution in [0.1, 0.15) is 42.5 Å². The van der Waals surface area contributed by atoms with E-state index in [9.17, 15) is 9.59 Å². The molecule has 1 aliphatic carbocycles. The van der Waals surface area contributed by atoms with E-state index in [0.29, 0.717) is 17.3 Å². The van der Waals surface area contributed by atoms with Crippen LogP contribution < -0.4 is 11.1 Å². The summed E-state index contributed by atoms with van der Waals surface area (Å²) in [7, 11) is 1.86. The first-order chi connectivity index (χ1) is 10.1. The molecular weight excluding hydrogens is 266 g/mol. The number of likely N-dealkylation sites (N-methyl/N-ethyl adjacent to an activating group) is 1. The zero-order valence-electron chi connectivity index (χ0n) is 12.5. The molecule has 1 aromatic rings. The lowest BCUT2D eigenvalue weighted by atomic mass is 9.94. The summed E-state index contributed by atoms with van der Waals surface area (Å²) in [5.74, 6) is -0.452. The predicted molar refractivity (Wildman–Crippen MR) is 83.1 cm³/mol. The molecule has 5 heteroatoms. The Bertz CT molecular complexity index is 510. The quantitative estimate of drug-likeness (QED) is 0.870. The van der Waals surface area contributed by atoms with E-state index in [1.54, 1.807) is 18.2 Å². The molecule has 0 aromatic heterocycles. The van der Waals surface area contributed by atoms with Gasteiger partial charge in [0.1, 0.15) is 0 Å². The number of carbonyl (C=O) groups is 2. The first-order valence-electron chi connectivity index (χ1n) is 7.48. The molecular formula is C16H23N3O2. The van der Waals surface area contributed by atoms with Crippen molar-refractivity contribution in [1.29, 1.82) is 0 Å². The average molecular weight is 289 g/mol. The van der Waals surface area contributed by atoms with E-state index < -0.39 is 5.91 Å². The Hall–Kier alpha value is -2.04. The second-order valence-corrected chi connectivity index (χ2v) is 5.56. The Labute approximate surface area is 125 Å². The van der Waals surface area contributed by atoms with Gasteiger partial charge in [0.15, 0.2) is 0 Å². The van der Waals surface area contributed by atoms with Crippen LogP contribution in [0.2, 0.25) is 0 Å². The Morgan fingerprint density at radius 1 is 1.24 bits per heavy atom. The van der Waals surface area contributed by atoms with Crippen LogP contribution in [0.15, 0.2) is 24.3 Å². The van der Waals surface area contributed by atoms with Gasteiger partial charge < -0.3 is 16.0 Å². The highest BCUT2D eigenvalue weighted by Crippen LogP contribution is 2.22. The molecule has 1 aliphatic rings. The van der Waals surface area contributed by atoms with Crippen molar-refractivity contribution in [3.05, 3.63) is 29.8 Å². The van der Waals surface area contributed by atoms with Gasteiger partial charge in [0.05, 0.1) is 12.1 Å². The van der Waals surface area contributed by atoms with Gasteiger partial charge in [-0.05, 0) is 25.0 Å². The molecule has 114 valence electrons. The van der Waals surface area contributed by atoms with Crippen molar-refractivity contribution < 1.29 is 9.59 Å². The minimum atomic E-state index is -0.494. The number of primary amides is 1. The van der Waals surface area contributed by atoms with Crippen molar-refractivity contribution in [3.63, 3.8) is 0 Å². The molecule has 2 rings (SSSR count). The van der Waals surface area contributed by atoms with Crippen molar-refractivity contribution in [3.8, 4) is 0 Å². The van der Waals surface area contributed by atoms with Crippen molar-refractivity contribution in [2.24, 2.45) is 5.73 Å². The SMILES string of the molecule is CN(C(=O)CNc1ccccc1C(N)=O)C1CCCCC1. The van der Waals surface area contributed by atoms with Crippen LogP contribution in [0.4, 0.5) is 5.69 Å². The zero-order chi connectivity index (χ0) is 15.2. The van der Waals surface area contributed by atoms with Gasteiger partial charge in [-0.2, -0.15) is 0 Å². The third kappa shape index (κ3) is 3.97. The fraction of sp³-hybridized carbons (Fsp3) is 0.500. The van der Waals surface area contributed by atoms with E-state index in [4.69, 9.17) is 5.73 Å². The molecule has 0 bridgehead atoms. The highest BCUT2D eigenvalue weighted by molar-refractivity contribution is 5.99. The van der Waals surface area contributed by atoms with E-state index in [0.717, 1.165) is 12.8 Å². The molecule has 0 spiro atoms. The van der Waals surface area contributed by atoms with Crippen molar-refractivity contribution >= 4 is 17.5 Å². The molecule has 2 amide bonds. The van der Waals surface area contributed by atoms with Gasteiger partial charge in [0.25, 0.3) is 5.91 Å². The van der Waals surface area contributed by atoms with Crippen LogP contribution in [0.25, 0.3) is 0 Å². The molecule has 0 saturated heterocycles. The summed E-state index contributed by atoms with van der Waals surface area (Å²) in [5.41, 5.74) is 6.34. The smallest absolute Gasteiger partial charge is 0.250 e. The molecule has 0 unspecified atom stereocenters. The molecule has 1 aromatic carbocycles. The van der Waals surface area contributed by atoms with Crippen LogP contribution in [0.3, 0.4) is 0 Å². The molecule has 1 fully saturated rings. The molecule has 1 saturated carbocycles. The van der Waals surface area contributed by atoms with Gasteiger partial charge in [0.2, 0.25) is 5.91 Å². The summed E-state index contributed by atoms with van der Waals surface area (Å²) in [6.45, 7) is 0.178. The number of hydrogen-bond acceptors (Lipinski definition) is 3. The minimum absolute atomic E-state index is 0.0428. The Balaban J connectivity index is 1.93. The lowest BCUT2D eigenvalue weighted by molar-refractivity contribution is -0.130. The molecule has 5 nitrogen and oxygen atoms in total. The summed E-state index contributed by atoms with van der Waals surface area (Å²) >= 11 is 0. The van der Waals surface area contributed by atoms with E-state index in [2.05, 4.69) is 5.32 Å². The van der Waals surface area contributed by atoms with E-state index in [-0.39, 0.29) is 12.5 Å². The van der Waals surface area contributed by atoms with Crippen LogP contribution in [0, 0.1) is 0 Å². The standard InChI is InChI=1S/C16H23N3O2/c1-19(12-7-3-2-4-8-12)15(20)11-18-14-10-6-5-9-13(14)16(17)21/h5-6,9-10,12,18H,2-4,7-8,11H2,1H3,(H2,17,21). The number of hydrogen-bond donors (Lipinski definition) is 2. The predicted octanol–water partition coefficient (Wildman–Crippen LogP) is 1.99. The van der Waals surface area contributed by atoms with Crippen molar-refractivity contribution in [2.45, 2.75) is 38.1 Å². The van der Waals surface area contributed by atoms with E-state index >= 15 is 0 Å². The summed E-state index contributed by atoms with van der Waals surface area (Å²) in [6, 6.07) is 7.32.